The molecule has 0 saturated carbocycles. The summed E-state index contributed by atoms with van der Waals surface area (Å²) in [6, 6.07) is 9.28. The molecule has 1 saturated heterocycles. The van der Waals surface area contributed by atoms with Gasteiger partial charge in [-0.05, 0) is 19.4 Å². The van der Waals surface area contributed by atoms with Crippen LogP contribution in [0.3, 0.4) is 0 Å². The highest BCUT2D eigenvalue weighted by Crippen LogP contribution is 2.24. The van der Waals surface area contributed by atoms with Crippen molar-refractivity contribution in [2.75, 3.05) is 6.54 Å². The molecule has 0 N–H and O–H groups in total. The van der Waals surface area contributed by atoms with Gasteiger partial charge in [0.05, 0.1) is 6.54 Å². The van der Waals surface area contributed by atoms with Crippen LogP contribution in [-0.4, -0.2) is 32.8 Å². The lowest BCUT2D eigenvalue weighted by Crippen LogP contribution is -2.32. The lowest BCUT2D eigenvalue weighted by Gasteiger charge is -2.24. The Labute approximate surface area is 133 Å². The van der Waals surface area contributed by atoms with E-state index in [2.05, 4.69) is 9.88 Å². The van der Waals surface area contributed by atoms with Crippen LogP contribution in [0.15, 0.2) is 42.7 Å². The third kappa shape index (κ3) is 3.64. The topological polar surface area (TPSA) is 38.1 Å². The zero-order valence-corrected chi connectivity index (χ0v) is 12.7. The second kappa shape index (κ2) is 7.00. The minimum atomic E-state index is -2.58. The molecule has 2 aromatic rings. The van der Waals surface area contributed by atoms with E-state index in [0.717, 1.165) is 24.0 Å². The fourth-order valence-corrected chi connectivity index (χ4v) is 3.12. The molecule has 0 spiro atoms. The van der Waals surface area contributed by atoms with E-state index in [0.29, 0.717) is 24.4 Å². The fourth-order valence-electron chi connectivity index (χ4n) is 3.12. The lowest BCUT2D eigenvalue weighted by atomic mass is 10.0. The highest BCUT2D eigenvalue weighted by atomic mass is 19.3. The van der Waals surface area contributed by atoms with E-state index in [4.69, 9.17) is 0 Å². The van der Waals surface area contributed by atoms with Crippen LogP contribution >= 0.6 is 0 Å². The van der Waals surface area contributed by atoms with Gasteiger partial charge in [0.15, 0.2) is 5.78 Å². The Morgan fingerprint density at radius 1 is 1.30 bits per heavy atom. The van der Waals surface area contributed by atoms with Crippen LogP contribution in [-0.2, 0) is 6.54 Å². The third-order valence-electron chi connectivity index (χ3n) is 4.32. The number of carbonyl (C=O) groups is 1. The zero-order chi connectivity index (χ0) is 16.2. The normalized spacial score (nSPS) is 18.7. The van der Waals surface area contributed by atoms with Gasteiger partial charge in [-0.2, -0.15) is 8.78 Å². The summed E-state index contributed by atoms with van der Waals surface area (Å²) in [7, 11) is 0. The summed E-state index contributed by atoms with van der Waals surface area (Å²) in [5, 5.41) is 0. The SMILES string of the molecule is O=C(CC1CCCN1Cc1nccn1C(F)F)c1ccccc1. The van der Waals surface area contributed by atoms with E-state index in [1.807, 2.05) is 30.3 Å². The molecular weight excluding hydrogens is 300 g/mol. The average Bonchev–Trinajstić information content (AvgIpc) is 3.18. The highest BCUT2D eigenvalue weighted by molar-refractivity contribution is 5.96. The fraction of sp³-hybridized carbons (Fsp3) is 0.412. The van der Waals surface area contributed by atoms with Gasteiger partial charge in [0.2, 0.25) is 0 Å². The van der Waals surface area contributed by atoms with Crippen molar-refractivity contribution in [2.24, 2.45) is 0 Å². The van der Waals surface area contributed by atoms with Crippen molar-refractivity contribution in [1.29, 1.82) is 0 Å². The Kier molecular flexibility index (Phi) is 4.81. The molecule has 23 heavy (non-hydrogen) atoms. The van der Waals surface area contributed by atoms with Crippen molar-refractivity contribution in [3.05, 3.63) is 54.1 Å². The number of hydrogen-bond donors (Lipinski definition) is 0. The molecule has 2 heterocycles. The minimum Gasteiger partial charge on any atom is -0.294 e. The van der Waals surface area contributed by atoms with Crippen LogP contribution in [0.2, 0.25) is 0 Å². The van der Waals surface area contributed by atoms with Crippen LogP contribution in [0.4, 0.5) is 8.78 Å². The third-order valence-corrected chi connectivity index (χ3v) is 4.32. The van der Waals surface area contributed by atoms with E-state index >= 15 is 0 Å². The summed E-state index contributed by atoms with van der Waals surface area (Å²) in [6.45, 7) is -1.42. The largest absolute Gasteiger partial charge is 0.319 e. The van der Waals surface area contributed by atoms with Crippen molar-refractivity contribution in [1.82, 2.24) is 14.5 Å². The first kappa shape index (κ1) is 15.8. The molecule has 1 aromatic carbocycles. The maximum atomic E-state index is 12.9. The van der Waals surface area contributed by atoms with Gasteiger partial charge in [-0.15, -0.1) is 0 Å². The first-order valence-electron chi connectivity index (χ1n) is 7.77. The number of aromatic nitrogens is 2. The Morgan fingerprint density at radius 3 is 2.83 bits per heavy atom. The maximum absolute atomic E-state index is 12.9. The summed E-state index contributed by atoms with van der Waals surface area (Å²) in [6.07, 6.45) is 4.98. The molecule has 4 nitrogen and oxygen atoms in total. The predicted octanol–water partition coefficient (Wildman–Crippen LogP) is 3.52. The van der Waals surface area contributed by atoms with Crippen molar-refractivity contribution < 1.29 is 13.6 Å². The van der Waals surface area contributed by atoms with E-state index in [9.17, 15) is 13.6 Å². The number of halogens is 2. The number of benzene rings is 1. The molecule has 1 unspecified atom stereocenters. The van der Waals surface area contributed by atoms with Crippen molar-refractivity contribution in [2.45, 2.75) is 38.4 Å². The summed E-state index contributed by atoms with van der Waals surface area (Å²) >= 11 is 0. The number of Topliss-reactive ketones (excluding diaryl/α,β-unsaturated/α-hetero) is 1. The van der Waals surface area contributed by atoms with Crippen LogP contribution in [0.5, 0.6) is 0 Å². The van der Waals surface area contributed by atoms with Gasteiger partial charge in [0.1, 0.15) is 5.82 Å². The number of rotatable bonds is 6. The summed E-state index contributed by atoms with van der Waals surface area (Å²) in [5.74, 6) is 0.443. The number of carbonyl (C=O) groups excluding carboxylic acids is 1. The number of alkyl halides is 2. The second-order valence-electron chi connectivity index (χ2n) is 5.79. The van der Waals surface area contributed by atoms with Gasteiger partial charge >= 0.3 is 6.55 Å². The van der Waals surface area contributed by atoms with Gasteiger partial charge in [-0.25, -0.2) is 4.98 Å². The van der Waals surface area contributed by atoms with E-state index < -0.39 is 6.55 Å². The summed E-state index contributed by atoms with van der Waals surface area (Å²) < 4.78 is 26.7. The monoisotopic (exact) mass is 319 g/mol. The van der Waals surface area contributed by atoms with Gasteiger partial charge in [0.25, 0.3) is 0 Å². The second-order valence-corrected chi connectivity index (χ2v) is 5.79. The number of ketones is 1. The van der Waals surface area contributed by atoms with E-state index in [-0.39, 0.29) is 11.8 Å². The molecule has 1 aromatic heterocycles. The Bertz CT molecular complexity index is 657. The maximum Gasteiger partial charge on any atom is 0.319 e. The molecule has 122 valence electrons. The number of imidazole rings is 1. The molecule has 0 bridgehead atoms. The lowest BCUT2D eigenvalue weighted by molar-refractivity contribution is 0.0628. The molecule has 1 atom stereocenters. The molecule has 0 aliphatic carbocycles. The Balaban J connectivity index is 1.66. The first-order valence-corrected chi connectivity index (χ1v) is 7.77. The molecule has 0 amide bonds. The quantitative estimate of drug-likeness (QED) is 0.765. The van der Waals surface area contributed by atoms with Crippen LogP contribution in [0, 0.1) is 0 Å². The average molecular weight is 319 g/mol. The molecule has 3 rings (SSSR count). The summed E-state index contributed by atoms with van der Waals surface area (Å²) in [4.78, 5) is 18.5. The van der Waals surface area contributed by atoms with Crippen LogP contribution in [0.1, 0.15) is 42.0 Å². The molecule has 1 aliphatic rings. The number of hydrogen-bond acceptors (Lipinski definition) is 3. The first-order chi connectivity index (χ1) is 11.1. The smallest absolute Gasteiger partial charge is 0.294 e. The van der Waals surface area contributed by atoms with Crippen molar-refractivity contribution >= 4 is 5.78 Å². The Morgan fingerprint density at radius 2 is 2.09 bits per heavy atom. The summed E-state index contributed by atoms with van der Waals surface area (Å²) in [5.41, 5.74) is 0.702. The standard InChI is InChI=1S/C17H19F2N3O/c18-17(19)22-10-8-20-16(22)12-21-9-4-7-14(21)11-15(23)13-5-2-1-3-6-13/h1-3,5-6,8,10,14,17H,4,7,9,11-12H2. The number of likely N-dealkylation sites (tertiary alicyclic amines) is 1. The van der Waals surface area contributed by atoms with Gasteiger partial charge in [-0.3, -0.25) is 14.3 Å². The van der Waals surface area contributed by atoms with Gasteiger partial charge in [-0.1, -0.05) is 30.3 Å². The van der Waals surface area contributed by atoms with Crippen molar-refractivity contribution in [3.63, 3.8) is 0 Å². The van der Waals surface area contributed by atoms with E-state index in [1.54, 1.807) is 0 Å². The minimum absolute atomic E-state index is 0.0885. The molecule has 1 fully saturated rings. The van der Waals surface area contributed by atoms with Crippen LogP contribution < -0.4 is 0 Å². The molecular formula is C17H19F2N3O. The zero-order valence-electron chi connectivity index (χ0n) is 12.7. The molecule has 0 radical (unpaired) electrons. The van der Waals surface area contributed by atoms with Crippen molar-refractivity contribution in [3.8, 4) is 0 Å². The predicted molar refractivity (Wildman–Crippen MR) is 82.3 cm³/mol. The highest BCUT2D eigenvalue weighted by Gasteiger charge is 2.28. The van der Waals surface area contributed by atoms with Gasteiger partial charge in [0, 0.05) is 30.4 Å². The van der Waals surface area contributed by atoms with Crippen LogP contribution in [0.25, 0.3) is 0 Å². The molecule has 1 aliphatic heterocycles. The van der Waals surface area contributed by atoms with Gasteiger partial charge < -0.3 is 0 Å². The number of nitrogens with zero attached hydrogens (tertiary/aromatic N) is 3. The van der Waals surface area contributed by atoms with E-state index in [1.165, 1.54) is 12.4 Å². The molecule has 6 heteroatoms. The Hall–Kier alpha value is -2.08.